The number of likely N-dealkylation sites (tertiary alicyclic amines) is 1. The van der Waals surface area contributed by atoms with Crippen LogP contribution >= 0.6 is 0 Å². The van der Waals surface area contributed by atoms with Crippen molar-refractivity contribution in [3.8, 4) is 40.0 Å². The molecule has 1 fully saturated rings. The number of anilines is 1. The number of carbonyl (C=O) groups is 4. The molecule has 6 aromatic rings. The lowest BCUT2D eigenvalue weighted by molar-refractivity contribution is -0.119. The van der Waals surface area contributed by atoms with Crippen molar-refractivity contribution in [2.75, 3.05) is 31.5 Å². The smallest absolute Gasteiger partial charge is 0.343 e. The summed E-state index contributed by atoms with van der Waals surface area (Å²) in [5.41, 5.74) is 8.49. The molecule has 16 heteroatoms. The number of hydrogen-bond donors (Lipinski definition) is 4. The van der Waals surface area contributed by atoms with E-state index in [9.17, 15) is 28.0 Å². The number of dihydropyridines is 1. The third kappa shape index (κ3) is 12.5. The molecule has 14 nitrogen and oxygen atoms in total. The van der Waals surface area contributed by atoms with Gasteiger partial charge in [-0.3, -0.25) is 14.6 Å². The minimum absolute atomic E-state index is 0.0277. The number of urea groups is 1. The van der Waals surface area contributed by atoms with Gasteiger partial charge < -0.3 is 40.8 Å². The van der Waals surface area contributed by atoms with Gasteiger partial charge in [-0.05, 0) is 165 Å². The lowest BCUT2D eigenvalue weighted by atomic mass is 10.0. The van der Waals surface area contributed by atoms with Gasteiger partial charge in [0.25, 0.3) is 5.91 Å². The van der Waals surface area contributed by atoms with Crippen LogP contribution in [-0.4, -0.2) is 71.6 Å². The first-order valence-electron chi connectivity index (χ1n) is 21.6. The summed E-state index contributed by atoms with van der Waals surface area (Å²) < 4.78 is 44.0. The largest absolute Gasteiger partial charge is 0.457 e. The van der Waals surface area contributed by atoms with Crippen LogP contribution in [0, 0.1) is 11.6 Å². The number of hydrogen-bond acceptors (Lipinski definition) is 10. The zero-order valence-corrected chi connectivity index (χ0v) is 36.0. The highest BCUT2D eigenvalue weighted by molar-refractivity contribution is 6.11. The molecule has 0 spiro atoms. The van der Waals surface area contributed by atoms with E-state index in [1.54, 1.807) is 66.7 Å². The Labute approximate surface area is 384 Å². The van der Waals surface area contributed by atoms with Crippen molar-refractivity contribution in [3.05, 3.63) is 174 Å². The first-order chi connectivity index (χ1) is 32.5. The Bertz CT molecular complexity index is 2800. The van der Waals surface area contributed by atoms with Crippen molar-refractivity contribution in [3.63, 3.8) is 0 Å². The second-order valence-corrected chi connectivity index (χ2v) is 15.7. The van der Waals surface area contributed by atoms with E-state index in [2.05, 4.69) is 30.8 Å². The van der Waals surface area contributed by atoms with E-state index in [0.717, 1.165) is 25.9 Å². The number of piperidine rings is 1. The van der Waals surface area contributed by atoms with E-state index < -0.39 is 29.9 Å². The molecule has 2 aliphatic heterocycles. The van der Waals surface area contributed by atoms with Crippen molar-refractivity contribution in [1.82, 2.24) is 20.5 Å². The van der Waals surface area contributed by atoms with Crippen LogP contribution in [0.5, 0.6) is 28.7 Å². The fourth-order valence-electron chi connectivity index (χ4n) is 7.35. The Morgan fingerprint density at radius 3 is 1.81 bits per heavy atom. The Kier molecular flexibility index (Phi) is 14.3. The summed E-state index contributed by atoms with van der Waals surface area (Å²) in [5.74, 6) is -0.569. The number of nitrogens with zero attached hydrogens (tertiary/aromatic N) is 3. The fraction of sp³-hybridized carbons (Fsp3) is 0.176. The predicted molar refractivity (Wildman–Crippen MR) is 247 cm³/mol. The number of pyridine rings is 1. The highest BCUT2D eigenvalue weighted by Gasteiger charge is 2.24. The van der Waals surface area contributed by atoms with Crippen molar-refractivity contribution in [2.45, 2.75) is 31.7 Å². The molecule has 340 valence electrons. The Morgan fingerprint density at radius 1 is 0.672 bits per heavy atom. The van der Waals surface area contributed by atoms with Gasteiger partial charge in [0.15, 0.2) is 0 Å². The summed E-state index contributed by atoms with van der Waals surface area (Å²) in [5, 5.41) is 8.43. The average Bonchev–Trinajstić information content (AvgIpc) is 3.34. The summed E-state index contributed by atoms with van der Waals surface area (Å²) in [6.45, 7) is 3.07. The maximum atomic E-state index is 13.7. The van der Waals surface area contributed by atoms with Crippen LogP contribution in [0.25, 0.3) is 11.3 Å². The number of carbonyl (C=O) groups excluding carboxylic acids is 4. The standard InChI is InChI=1S/C51H45F2N7O7/c52-35-8-18-41(19-9-35)65-39-14-4-32(5-15-39)44-28-34(29-47(59-44)49(62)55-24-27-60-25-2-1-3-26-60)50(63)67-43-22-12-37(13-23-43)56-51(64)57-38-30-45(58-46(31-38)48(54)61)33-6-16-40(17-7-33)66-42-20-10-36(53)11-21-42/h4-23,28-30,46H,1-3,24-27,31H2,(H2,54,61)(H,55,62)(H2,56,57,64). The monoisotopic (exact) mass is 905 g/mol. The van der Waals surface area contributed by atoms with Crippen LogP contribution in [0.15, 0.2) is 150 Å². The first-order valence-corrected chi connectivity index (χ1v) is 21.6. The number of rotatable bonds is 15. The summed E-state index contributed by atoms with van der Waals surface area (Å²) in [6, 6.07) is 32.4. The quantitative estimate of drug-likeness (QED) is 0.0577. The minimum atomic E-state index is -0.931. The molecular weight excluding hydrogens is 861 g/mol. The predicted octanol–water partition coefficient (Wildman–Crippen LogP) is 8.80. The molecule has 2 aliphatic rings. The molecule has 3 heterocycles. The summed E-state index contributed by atoms with van der Waals surface area (Å²) in [7, 11) is 0. The molecule has 8 rings (SSSR count). The van der Waals surface area contributed by atoms with Crippen LogP contribution in [-0.2, 0) is 4.79 Å². The van der Waals surface area contributed by atoms with Crippen molar-refractivity contribution < 1.29 is 42.2 Å². The normalized spacial score (nSPS) is 14.7. The molecule has 0 radical (unpaired) electrons. The van der Waals surface area contributed by atoms with E-state index in [1.807, 2.05) is 0 Å². The van der Waals surface area contributed by atoms with Crippen LogP contribution < -0.4 is 35.9 Å². The second kappa shape index (κ2) is 21.2. The van der Waals surface area contributed by atoms with Crippen molar-refractivity contribution in [1.29, 1.82) is 0 Å². The van der Waals surface area contributed by atoms with Gasteiger partial charge in [0.2, 0.25) is 5.91 Å². The molecule has 1 atom stereocenters. The van der Waals surface area contributed by atoms with Gasteiger partial charge >= 0.3 is 12.0 Å². The number of halogens is 2. The number of primary amides is 1. The van der Waals surface area contributed by atoms with Gasteiger partial charge in [-0.15, -0.1) is 0 Å². The molecule has 5 N–H and O–H groups in total. The molecule has 0 bridgehead atoms. The average molecular weight is 906 g/mol. The van der Waals surface area contributed by atoms with Crippen LogP contribution in [0.4, 0.5) is 19.3 Å². The van der Waals surface area contributed by atoms with E-state index in [-0.39, 0.29) is 35.1 Å². The summed E-state index contributed by atoms with van der Waals surface area (Å²) in [6.07, 6.45) is 5.15. The molecule has 4 amide bonds. The van der Waals surface area contributed by atoms with Crippen LogP contribution in [0.3, 0.4) is 0 Å². The van der Waals surface area contributed by atoms with Gasteiger partial charge in [-0.25, -0.2) is 23.4 Å². The number of ether oxygens (including phenoxy) is 3. The zero-order valence-electron chi connectivity index (χ0n) is 36.0. The van der Waals surface area contributed by atoms with Crippen LogP contribution in [0.1, 0.15) is 52.1 Å². The van der Waals surface area contributed by atoms with E-state index in [0.29, 0.717) is 70.0 Å². The lowest BCUT2D eigenvalue weighted by Crippen LogP contribution is -2.37. The zero-order chi connectivity index (χ0) is 46.7. The molecule has 0 aliphatic carbocycles. The number of aliphatic imine (C=N–C) groups is 1. The molecule has 1 saturated heterocycles. The third-order valence-electron chi connectivity index (χ3n) is 10.8. The third-order valence-corrected chi connectivity index (χ3v) is 10.8. The Balaban J connectivity index is 0.917. The number of allylic oxidation sites excluding steroid dienone is 1. The second-order valence-electron chi connectivity index (χ2n) is 15.7. The van der Waals surface area contributed by atoms with Crippen LogP contribution in [0.2, 0.25) is 0 Å². The molecule has 67 heavy (non-hydrogen) atoms. The molecule has 0 saturated carbocycles. The van der Waals surface area contributed by atoms with Gasteiger partial charge in [0.1, 0.15) is 52.1 Å². The van der Waals surface area contributed by atoms with Crippen molar-refractivity contribution >= 4 is 35.2 Å². The number of aromatic nitrogens is 1. The highest BCUT2D eigenvalue weighted by atomic mass is 19.1. The number of nitrogens with two attached hydrogens (primary N) is 1. The van der Waals surface area contributed by atoms with Gasteiger partial charge in [0, 0.05) is 42.0 Å². The maximum absolute atomic E-state index is 13.7. The van der Waals surface area contributed by atoms with E-state index in [1.165, 1.54) is 79.2 Å². The first kappa shape index (κ1) is 45.3. The van der Waals surface area contributed by atoms with E-state index >= 15 is 0 Å². The minimum Gasteiger partial charge on any atom is -0.457 e. The summed E-state index contributed by atoms with van der Waals surface area (Å²) >= 11 is 0. The van der Waals surface area contributed by atoms with E-state index in [4.69, 9.17) is 19.9 Å². The molecule has 1 unspecified atom stereocenters. The molecule has 1 aromatic heterocycles. The lowest BCUT2D eigenvalue weighted by Gasteiger charge is -2.26. The van der Waals surface area contributed by atoms with Gasteiger partial charge in [-0.1, -0.05) is 6.42 Å². The number of benzene rings is 5. The van der Waals surface area contributed by atoms with Gasteiger partial charge in [-0.2, -0.15) is 0 Å². The topological polar surface area (TPSA) is 187 Å². The maximum Gasteiger partial charge on any atom is 0.343 e. The summed E-state index contributed by atoms with van der Waals surface area (Å²) in [4.78, 5) is 64.0. The molecular formula is C51H45F2N7O7. The number of esters is 1. The van der Waals surface area contributed by atoms with Crippen molar-refractivity contribution in [2.24, 2.45) is 10.7 Å². The number of amides is 4. The Morgan fingerprint density at radius 2 is 1.22 bits per heavy atom. The highest BCUT2D eigenvalue weighted by Crippen LogP contribution is 2.28. The fourth-order valence-corrected chi connectivity index (χ4v) is 7.35. The number of nitrogens with one attached hydrogen (secondary N) is 3. The molecule has 5 aromatic carbocycles. The Hall–Kier alpha value is -8.24. The van der Waals surface area contributed by atoms with Gasteiger partial charge in [0.05, 0.1) is 17.0 Å². The SMILES string of the molecule is NC(=O)C1CC(NC(=O)Nc2ccc(OC(=O)c3cc(C(=O)NCCN4CCCCC4)nc(-c4ccc(Oc5ccc(F)cc5)cc4)c3)cc2)=CC(c2ccc(Oc3ccc(F)cc3)cc2)=N1.